The van der Waals surface area contributed by atoms with E-state index in [1.807, 2.05) is 0 Å². The summed E-state index contributed by atoms with van der Waals surface area (Å²) >= 11 is 4.99. The normalized spacial score (nSPS) is 11.6. The minimum atomic E-state index is -1.01. The number of aromatic amines is 1. The molecule has 0 amide bonds. The molecule has 12 heteroatoms. The van der Waals surface area contributed by atoms with Crippen LogP contribution in [-0.4, -0.2) is 34.0 Å². The van der Waals surface area contributed by atoms with Gasteiger partial charge < -0.3 is 25.7 Å². The number of methoxy groups -OCH3 is 2. The lowest BCUT2D eigenvalue weighted by Crippen LogP contribution is -2.35. The van der Waals surface area contributed by atoms with Crippen LogP contribution in [0.1, 0.15) is 23.0 Å². The van der Waals surface area contributed by atoms with Crippen LogP contribution in [0.2, 0.25) is 0 Å². The molecule has 0 bridgehead atoms. The first kappa shape index (κ1) is 23.7. The Morgan fingerprint density at radius 3 is 2.60 bits per heavy atom. The minimum Gasteiger partial charge on any atom is -0.711 e. The van der Waals surface area contributed by atoms with Gasteiger partial charge in [0, 0.05) is 28.9 Å². The fraction of sp³-hybridized carbons (Fsp3) is 0.130. The number of hydrogen-bond acceptors (Lipinski definition) is 7. The number of ether oxygens (including phenoxy) is 2. The minimum absolute atomic E-state index is 0.0248. The number of nitrogens with two attached hydrogens (primary N) is 1. The summed E-state index contributed by atoms with van der Waals surface area (Å²) in [5.41, 5.74) is 6.29. The Hall–Kier alpha value is -4.45. The third-order valence-corrected chi connectivity index (χ3v) is 5.45. The first-order valence-corrected chi connectivity index (χ1v) is 10.7. The van der Waals surface area contributed by atoms with Crippen LogP contribution in [-0.2, 0) is 0 Å². The zero-order valence-corrected chi connectivity index (χ0v) is 19.5. The predicted molar refractivity (Wildman–Crippen MR) is 130 cm³/mol. The second-order valence-electron chi connectivity index (χ2n) is 7.36. The summed E-state index contributed by atoms with van der Waals surface area (Å²) in [7, 11) is 2.77. The molecule has 0 aliphatic carbocycles. The highest BCUT2D eigenvalue weighted by Crippen LogP contribution is 2.34. The Balaban J connectivity index is 1.86. The van der Waals surface area contributed by atoms with E-state index in [0.29, 0.717) is 21.7 Å². The van der Waals surface area contributed by atoms with E-state index < -0.39 is 17.5 Å². The first-order chi connectivity index (χ1) is 16.8. The van der Waals surface area contributed by atoms with Gasteiger partial charge >= 0.3 is 11.5 Å². The smallest absolute Gasteiger partial charge is 0.440 e. The van der Waals surface area contributed by atoms with Crippen LogP contribution in [0, 0.1) is 11.0 Å². The zero-order valence-electron chi connectivity index (χ0n) is 18.7. The monoisotopic (exact) mass is 496 g/mol. The van der Waals surface area contributed by atoms with Crippen LogP contribution in [0.5, 0.6) is 11.5 Å². The van der Waals surface area contributed by atoms with E-state index in [2.05, 4.69) is 15.4 Å². The van der Waals surface area contributed by atoms with E-state index in [4.69, 9.17) is 27.4 Å². The Morgan fingerprint density at radius 1 is 1.23 bits per heavy atom. The van der Waals surface area contributed by atoms with Gasteiger partial charge in [-0.1, -0.05) is 23.4 Å². The summed E-state index contributed by atoms with van der Waals surface area (Å²) in [4.78, 5) is 15.6. The summed E-state index contributed by atoms with van der Waals surface area (Å²) in [5, 5.41) is 19.6. The summed E-state index contributed by atoms with van der Waals surface area (Å²) in [6, 6.07) is 13.2. The molecule has 0 aliphatic heterocycles. The van der Waals surface area contributed by atoms with Crippen molar-refractivity contribution in [3.05, 3.63) is 99.3 Å². The highest BCUT2D eigenvalue weighted by atomic mass is 32.1. The average molecular weight is 497 g/mol. The maximum Gasteiger partial charge on any atom is 0.440 e. The van der Waals surface area contributed by atoms with Crippen LogP contribution in [0.15, 0.2) is 65.6 Å². The van der Waals surface area contributed by atoms with Crippen molar-refractivity contribution in [2.24, 2.45) is 5.73 Å². The molecule has 0 saturated heterocycles. The van der Waals surface area contributed by atoms with E-state index in [1.165, 1.54) is 44.7 Å². The fourth-order valence-electron chi connectivity index (χ4n) is 3.47. The lowest BCUT2D eigenvalue weighted by atomic mass is 10.0. The van der Waals surface area contributed by atoms with Crippen LogP contribution in [0.4, 0.5) is 10.1 Å². The molecule has 0 radical (unpaired) electrons. The number of benzene rings is 2. The van der Waals surface area contributed by atoms with Crippen LogP contribution in [0.25, 0.3) is 5.82 Å². The number of thiocarbonyl (C=S) groups is 1. The quantitative estimate of drug-likeness (QED) is 0.192. The standard InChI is InChI=1S/C23H21FN6O4S/c1-33-15-11-16(19(24)17(12-15)34-2)20(26-14-8-6-13(7-9-14)21(25)35)22-27-23(31)30(28-22)18-5-3-4-10-29(18)32/h3-12,20,26H,1-2H3,(H2,25,35)(H,27,28,31). The van der Waals surface area contributed by atoms with Crippen molar-refractivity contribution in [1.82, 2.24) is 14.8 Å². The van der Waals surface area contributed by atoms with Gasteiger partial charge in [-0.15, -0.1) is 0 Å². The Bertz CT molecular complexity index is 1440. The second-order valence-corrected chi connectivity index (χ2v) is 7.80. The van der Waals surface area contributed by atoms with Crippen LogP contribution >= 0.6 is 12.2 Å². The molecule has 2 aromatic heterocycles. The third kappa shape index (κ3) is 4.77. The van der Waals surface area contributed by atoms with Gasteiger partial charge in [-0.2, -0.15) is 0 Å². The molecule has 1 unspecified atom stereocenters. The molecule has 2 heterocycles. The lowest BCUT2D eigenvalue weighted by Gasteiger charge is -2.20. The van der Waals surface area contributed by atoms with Crippen molar-refractivity contribution < 1.29 is 18.6 Å². The topological polar surface area (TPSA) is 134 Å². The fourth-order valence-corrected chi connectivity index (χ4v) is 3.61. The van der Waals surface area contributed by atoms with Crippen LogP contribution < -0.4 is 30.9 Å². The van der Waals surface area contributed by atoms with Crippen LogP contribution in [0.3, 0.4) is 0 Å². The average Bonchev–Trinajstić information content (AvgIpc) is 3.24. The van der Waals surface area contributed by atoms with Crippen molar-refractivity contribution in [3.8, 4) is 17.3 Å². The van der Waals surface area contributed by atoms with E-state index in [9.17, 15) is 10.0 Å². The van der Waals surface area contributed by atoms with Gasteiger partial charge in [0.1, 0.15) is 16.8 Å². The number of hydrogen-bond donors (Lipinski definition) is 3. The van der Waals surface area contributed by atoms with Gasteiger partial charge in [0.05, 0.1) is 20.4 Å². The van der Waals surface area contributed by atoms with Crippen molar-refractivity contribution in [2.45, 2.75) is 6.04 Å². The molecular formula is C23H21FN6O4S. The van der Waals surface area contributed by atoms with Gasteiger partial charge in [-0.05, 0) is 41.1 Å². The Kier molecular flexibility index (Phi) is 6.64. The van der Waals surface area contributed by atoms with Gasteiger partial charge in [0.2, 0.25) is 0 Å². The summed E-state index contributed by atoms with van der Waals surface area (Å²) in [5.74, 6) is -0.386. The highest BCUT2D eigenvalue weighted by molar-refractivity contribution is 7.80. The molecular weight excluding hydrogens is 475 g/mol. The van der Waals surface area contributed by atoms with Gasteiger partial charge in [-0.3, -0.25) is 4.98 Å². The molecule has 10 nitrogen and oxygen atoms in total. The van der Waals surface area contributed by atoms with E-state index in [0.717, 1.165) is 4.68 Å². The number of halogens is 1. The van der Waals surface area contributed by atoms with E-state index in [1.54, 1.807) is 30.3 Å². The number of aromatic nitrogens is 4. The maximum atomic E-state index is 15.5. The molecule has 4 N–H and O–H groups in total. The Labute approximate surface area is 204 Å². The van der Waals surface area contributed by atoms with Gasteiger partial charge in [0.25, 0.3) is 0 Å². The summed E-state index contributed by atoms with van der Waals surface area (Å²) < 4.78 is 27.3. The van der Waals surface area contributed by atoms with Gasteiger partial charge in [-0.25, -0.2) is 13.9 Å². The number of anilines is 1. The first-order valence-electron chi connectivity index (χ1n) is 10.3. The molecule has 1 atom stereocenters. The third-order valence-electron chi connectivity index (χ3n) is 5.22. The molecule has 180 valence electrons. The molecule has 0 fully saturated rings. The maximum absolute atomic E-state index is 15.5. The molecule has 0 saturated carbocycles. The van der Waals surface area contributed by atoms with Gasteiger partial charge in [0.15, 0.2) is 17.4 Å². The van der Waals surface area contributed by atoms with E-state index in [-0.39, 0.29) is 27.9 Å². The second kappa shape index (κ2) is 9.81. The van der Waals surface area contributed by atoms with Crippen molar-refractivity contribution >= 4 is 22.9 Å². The molecule has 35 heavy (non-hydrogen) atoms. The number of H-pyrrole nitrogens is 1. The molecule has 4 aromatic rings. The summed E-state index contributed by atoms with van der Waals surface area (Å²) in [6.07, 6.45) is 1.24. The molecule has 0 aliphatic rings. The number of nitrogens with zero attached hydrogens (tertiary/aromatic N) is 3. The predicted octanol–water partition coefficient (Wildman–Crippen LogP) is 2.19. The largest absolute Gasteiger partial charge is 0.711 e. The Morgan fingerprint density at radius 2 is 1.97 bits per heavy atom. The lowest BCUT2D eigenvalue weighted by molar-refractivity contribution is -0.600. The zero-order chi connectivity index (χ0) is 25.1. The van der Waals surface area contributed by atoms with Crippen molar-refractivity contribution in [2.75, 3.05) is 19.5 Å². The van der Waals surface area contributed by atoms with E-state index >= 15 is 4.39 Å². The number of rotatable bonds is 8. The van der Waals surface area contributed by atoms with Crippen molar-refractivity contribution in [1.29, 1.82) is 0 Å². The molecule has 2 aromatic carbocycles. The molecule has 0 spiro atoms. The highest BCUT2D eigenvalue weighted by Gasteiger charge is 2.28. The number of nitrogens with one attached hydrogen (secondary N) is 2. The summed E-state index contributed by atoms with van der Waals surface area (Å²) in [6.45, 7) is 0. The SMILES string of the molecule is COc1cc(OC)c(F)c(C(Nc2ccc(C(N)=S)cc2)c2nn(-c3cccc[n+]3[O-])c(=O)[nH]2)c1. The van der Waals surface area contributed by atoms with Crippen molar-refractivity contribution in [3.63, 3.8) is 0 Å². The number of pyridine rings is 1. The molecule has 4 rings (SSSR count).